The Kier molecular flexibility index (Phi) is 5.42. The Morgan fingerprint density at radius 3 is 2.82 bits per heavy atom. The minimum absolute atomic E-state index is 0.0216. The molecule has 1 aromatic rings. The number of nitrogens with zero attached hydrogens (tertiary/aromatic N) is 4. The van der Waals surface area contributed by atoms with E-state index in [-0.39, 0.29) is 23.9 Å². The standard InChI is InChI=1S/C20H31N5O3/c1-23-7-2-5-20(28,6-8-23)13-25-14-22-17(9-18(25)26)24-11-16(12-24)19(27)21-10-15-3-4-15/h9,14-16,28H,2-8,10-13H2,1H3,(H,21,27). The Hall–Kier alpha value is -1.93. The normalized spacial score (nSPS) is 26.6. The maximum absolute atomic E-state index is 12.5. The van der Waals surface area contributed by atoms with Gasteiger partial charge in [0.25, 0.3) is 5.56 Å². The van der Waals surface area contributed by atoms with Gasteiger partial charge in [-0.3, -0.25) is 14.2 Å². The van der Waals surface area contributed by atoms with E-state index < -0.39 is 5.60 Å². The molecule has 0 spiro atoms. The molecule has 28 heavy (non-hydrogen) atoms. The van der Waals surface area contributed by atoms with Gasteiger partial charge in [0.05, 0.1) is 24.4 Å². The second kappa shape index (κ2) is 7.83. The molecule has 1 aromatic heterocycles. The largest absolute Gasteiger partial charge is 0.388 e. The highest BCUT2D eigenvalue weighted by Crippen LogP contribution is 2.28. The molecule has 0 radical (unpaired) electrons. The Balaban J connectivity index is 1.32. The molecule has 8 heteroatoms. The van der Waals surface area contributed by atoms with Crippen molar-refractivity contribution >= 4 is 11.7 Å². The molecule has 3 heterocycles. The van der Waals surface area contributed by atoms with E-state index >= 15 is 0 Å². The second-order valence-corrected chi connectivity index (χ2v) is 8.88. The van der Waals surface area contributed by atoms with Crippen LogP contribution in [-0.2, 0) is 11.3 Å². The van der Waals surface area contributed by atoms with E-state index in [0.29, 0.717) is 37.7 Å². The Labute approximate surface area is 165 Å². The SMILES string of the molecule is CN1CCCC(O)(Cn2cnc(N3CC(C(=O)NCC4CC4)C3)cc2=O)CC1. The summed E-state index contributed by atoms with van der Waals surface area (Å²) in [6.07, 6.45) is 6.25. The smallest absolute Gasteiger partial charge is 0.255 e. The highest BCUT2D eigenvalue weighted by Gasteiger charge is 2.35. The summed E-state index contributed by atoms with van der Waals surface area (Å²) in [5, 5.41) is 13.9. The Bertz CT molecular complexity index is 771. The highest BCUT2D eigenvalue weighted by atomic mass is 16.3. The number of carbonyl (C=O) groups excluding carboxylic acids is 1. The highest BCUT2D eigenvalue weighted by molar-refractivity contribution is 5.81. The first-order chi connectivity index (χ1) is 13.4. The zero-order valence-corrected chi connectivity index (χ0v) is 16.6. The van der Waals surface area contributed by atoms with Crippen molar-refractivity contribution in [1.82, 2.24) is 19.8 Å². The minimum Gasteiger partial charge on any atom is -0.388 e. The molecular formula is C20H31N5O3. The number of hydrogen-bond acceptors (Lipinski definition) is 6. The topological polar surface area (TPSA) is 90.7 Å². The van der Waals surface area contributed by atoms with Gasteiger partial charge in [0.1, 0.15) is 5.82 Å². The van der Waals surface area contributed by atoms with Crippen molar-refractivity contribution in [3.8, 4) is 0 Å². The van der Waals surface area contributed by atoms with Crippen LogP contribution in [0, 0.1) is 11.8 Å². The molecule has 1 unspecified atom stereocenters. The summed E-state index contributed by atoms with van der Waals surface area (Å²) >= 11 is 0. The monoisotopic (exact) mass is 389 g/mol. The molecule has 0 bridgehead atoms. The van der Waals surface area contributed by atoms with Crippen molar-refractivity contribution in [2.75, 3.05) is 44.7 Å². The van der Waals surface area contributed by atoms with Crippen LogP contribution in [0.3, 0.4) is 0 Å². The number of aromatic nitrogens is 2. The predicted molar refractivity (Wildman–Crippen MR) is 106 cm³/mol. The molecule has 0 aromatic carbocycles. The Morgan fingerprint density at radius 1 is 1.32 bits per heavy atom. The van der Waals surface area contributed by atoms with Gasteiger partial charge < -0.3 is 20.2 Å². The summed E-state index contributed by atoms with van der Waals surface area (Å²) in [4.78, 5) is 33.2. The summed E-state index contributed by atoms with van der Waals surface area (Å²) in [5.41, 5.74) is -1.02. The van der Waals surface area contributed by atoms with Gasteiger partial charge in [0.2, 0.25) is 5.91 Å². The zero-order chi connectivity index (χ0) is 19.7. The fourth-order valence-corrected chi connectivity index (χ4v) is 4.04. The number of hydrogen-bond donors (Lipinski definition) is 2. The van der Waals surface area contributed by atoms with Gasteiger partial charge in [-0.2, -0.15) is 0 Å². The van der Waals surface area contributed by atoms with Gasteiger partial charge in [-0.25, -0.2) is 4.98 Å². The zero-order valence-electron chi connectivity index (χ0n) is 16.6. The number of rotatable bonds is 6. The number of nitrogens with one attached hydrogen (secondary N) is 1. The van der Waals surface area contributed by atoms with E-state index in [2.05, 4.69) is 22.2 Å². The molecule has 1 saturated carbocycles. The van der Waals surface area contributed by atoms with Crippen molar-refractivity contribution in [2.45, 2.75) is 44.2 Å². The predicted octanol–water partition coefficient (Wildman–Crippen LogP) is 0.0525. The first kappa shape index (κ1) is 19.4. The summed E-state index contributed by atoms with van der Waals surface area (Å²) in [6, 6.07) is 1.52. The second-order valence-electron chi connectivity index (χ2n) is 8.88. The van der Waals surface area contributed by atoms with E-state index in [0.717, 1.165) is 26.1 Å². The third-order valence-electron chi connectivity index (χ3n) is 6.31. The molecule has 154 valence electrons. The van der Waals surface area contributed by atoms with Crippen LogP contribution in [0.1, 0.15) is 32.1 Å². The van der Waals surface area contributed by atoms with Crippen LogP contribution >= 0.6 is 0 Å². The number of aliphatic hydroxyl groups is 1. The van der Waals surface area contributed by atoms with Crippen LogP contribution in [0.4, 0.5) is 5.82 Å². The first-order valence-electron chi connectivity index (χ1n) is 10.4. The molecule has 2 aliphatic heterocycles. The molecular weight excluding hydrogens is 358 g/mol. The van der Waals surface area contributed by atoms with Crippen LogP contribution in [0.5, 0.6) is 0 Å². The lowest BCUT2D eigenvalue weighted by atomic mass is 9.95. The van der Waals surface area contributed by atoms with E-state index in [1.54, 1.807) is 0 Å². The third kappa shape index (κ3) is 4.55. The molecule has 1 atom stereocenters. The van der Waals surface area contributed by atoms with Gasteiger partial charge in [-0.05, 0) is 51.6 Å². The Morgan fingerprint density at radius 2 is 2.11 bits per heavy atom. The van der Waals surface area contributed by atoms with Crippen molar-refractivity contribution in [2.24, 2.45) is 11.8 Å². The average Bonchev–Trinajstić information content (AvgIpc) is 3.44. The van der Waals surface area contributed by atoms with Crippen molar-refractivity contribution < 1.29 is 9.90 Å². The van der Waals surface area contributed by atoms with Gasteiger partial charge in [-0.1, -0.05) is 0 Å². The van der Waals surface area contributed by atoms with Crippen molar-refractivity contribution in [3.05, 3.63) is 22.7 Å². The lowest BCUT2D eigenvalue weighted by Crippen LogP contribution is -2.54. The minimum atomic E-state index is -0.862. The lowest BCUT2D eigenvalue weighted by molar-refractivity contribution is -0.125. The quantitative estimate of drug-likeness (QED) is 0.715. The van der Waals surface area contributed by atoms with Crippen LogP contribution in [0.15, 0.2) is 17.2 Å². The molecule has 2 saturated heterocycles. The average molecular weight is 390 g/mol. The van der Waals surface area contributed by atoms with E-state index in [1.165, 1.54) is 29.8 Å². The number of anilines is 1. The molecule has 1 amide bonds. The number of amides is 1. The molecule has 3 fully saturated rings. The summed E-state index contributed by atoms with van der Waals surface area (Å²) in [7, 11) is 2.06. The molecule has 2 N–H and O–H groups in total. The summed E-state index contributed by atoms with van der Waals surface area (Å²) in [5.74, 6) is 1.38. The van der Waals surface area contributed by atoms with Crippen molar-refractivity contribution in [3.63, 3.8) is 0 Å². The molecule has 4 rings (SSSR count). The summed E-state index contributed by atoms with van der Waals surface area (Å²) < 4.78 is 1.51. The van der Waals surface area contributed by atoms with Crippen LogP contribution < -0.4 is 15.8 Å². The van der Waals surface area contributed by atoms with E-state index in [9.17, 15) is 14.7 Å². The molecule has 8 nitrogen and oxygen atoms in total. The number of likely N-dealkylation sites (tertiary alicyclic amines) is 1. The van der Waals surface area contributed by atoms with Crippen molar-refractivity contribution in [1.29, 1.82) is 0 Å². The molecule has 3 aliphatic rings. The van der Waals surface area contributed by atoms with E-state index in [4.69, 9.17) is 0 Å². The first-order valence-corrected chi connectivity index (χ1v) is 10.4. The van der Waals surface area contributed by atoms with Gasteiger partial charge in [0.15, 0.2) is 0 Å². The maximum atomic E-state index is 12.5. The summed E-state index contributed by atoms with van der Waals surface area (Å²) in [6.45, 7) is 4.07. The van der Waals surface area contributed by atoms with Crippen LogP contribution in [0.25, 0.3) is 0 Å². The van der Waals surface area contributed by atoms with Gasteiger partial charge in [0, 0.05) is 32.2 Å². The third-order valence-corrected chi connectivity index (χ3v) is 6.31. The van der Waals surface area contributed by atoms with E-state index in [1.807, 2.05) is 4.90 Å². The van der Waals surface area contributed by atoms with Gasteiger partial charge in [-0.15, -0.1) is 0 Å². The maximum Gasteiger partial charge on any atom is 0.255 e. The van der Waals surface area contributed by atoms with Crippen LogP contribution in [-0.4, -0.2) is 70.8 Å². The lowest BCUT2D eigenvalue weighted by Gasteiger charge is -2.39. The van der Waals surface area contributed by atoms with Crippen LogP contribution in [0.2, 0.25) is 0 Å². The number of carbonyl (C=O) groups is 1. The fourth-order valence-electron chi connectivity index (χ4n) is 4.04. The fraction of sp³-hybridized carbons (Fsp3) is 0.750. The molecule has 1 aliphatic carbocycles. The van der Waals surface area contributed by atoms with Gasteiger partial charge >= 0.3 is 0 Å².